The van der Waals surface area contributed by atoms with Crippen molar-refractivity contribution in [1.82, 2.24) is 9.80 Å². The van der Waals surface area contributed by atoms with Crippen LogP contribution < -0.4 is 4.74 Å². The SMILES string of the molecule is CC[C@H](O)CN(CC(=O)N1CCc2sccc2[C@@H]1COc1cccc(F)c1)CC(C)C. The summed E-state index contributed by atoms with van der Waals surface area (Å²) in [5.74, 6) is 0.550. The van der Waals surface area contributed by atoms with Crippen molar-refractivity contribution >= 4 is 17.2 Å². The largest absolute Gasteiger partial charge is 0.491 e. The van der Waals surface area contributed by atoms with Crippen LogP contribution in [0.2, 0.25) is 0 Å². The molecule has 1 aliphatic rings. The van der Waals surface area contributed by atoms with Crippen molar-refractivity contribution in [3.63, 3.8) is 0 Å². The Labute approximate surface area is 188 Å². The van der Waals surface area contributed by atoms with Gasteiger partial charge >= 0.3 is 0 Å². The number of aliphatic hydroxyl groups excluding tert-OH is 1. The molecule has 0 aliphatic carbocycles. The van der Waals surface area contributed by atoms with Crippen LogP contribution in [0.1, 0.15) is 43.7 Å². The van der Waals surface area contributed by atoms with Crippen LogP contribution in [0.25, 0.3) is 0 Å². The lowest BCUT2D eigenvalue weighted by molar-refractivity contribution is -0.136. The molecule has 170 valence electrons. The molecule has 1 N–H and O–H groups in total. The molecule has 1 amide bonds. The molecular weight excluding hydrogens is 415 g/mol. The summed E-state index contributed by atoms with van der Waals surface area (Å²) in [6.45, 7) is 8.60. The highest BCUT2D eigenvalue weighted by atomic mass is 32.1. The molecule has 0 bridgehead atoms. The Balaban J connectivity index is 1.74. The van der Waals surface area contributed by atoms with E-state index in [0.29, 0.717) is 31.2 Å². The normalized spacial score (nSPS) is 17.1. The fourth-order valence-electron chi connectivity index (χ4n) is 4.04. The van der Waals surface area contributed by atoms with Crippen molar-refractivity contribution in [2.45, 2.75) is 45.8 Å². The third-order valence-corrected chi connectivity index (χ3v) is 6.54. The molecule has 31 heavy (non-hydrogen) atoms. The van der Waals surface area contributed by atoms with E-state index in [1.165, 1.54) is 17.0 Å². The lowest BCUT2D eigenvalue weighted by atomic mass is 10.00. The Kier molecular flexibility index (Phi) is 8.46. The second kappa shape index (κ2) is 11.1. The smallest absolute Gasteiger partial charge is 0.237 e. The Bertz CT molecular complexity index is 857. The molecular formula is C24H33FN2O3S. The first kappa shape index (κ1) is 23.7. The van der Waals surface area contributed by atoms with Gasteiger partial charge in [-0.15, -0.1) is 11.3 Å². The molecule has 0 radical (unpaired) electrons. The van der Waals surface area contributed by atoms with Gasteiger partial charge in [0.15, 0.2) is 0 Å². The predicted octanol–water partition coefficient (Wildman–Crippen LogP) is 4.12. The monoisotopic (exact) mass is 448 g/mol. The molecule has 0 saturated carbocycles. The molecule has 7 heteroatoms. The van der Waals surface area contributed by atoms with Gasteiger partial charge in [-0.05, 0) is 47.9 Å². The number of rotatable bonds is 10. The van der Waals surface area contributed by atoms with Crippen LogP contribution in [0.5, 0.6) is 5.75 Å². The van der Waals surface area contributed by atoms with Gasteiger partial charge in [0.2, 0.25) is 5.91 Å². The molecule has 0 saturated heterocycles. The minimum atomic E-state index is -0.441. The van der Waals surface area contributed by atoms with Gasteiger partial charge in [0, 0.05) is 30.6 Å². The number of fused-ring (bicyclic) bond motifs is 1. The van der Waals surface area contributed by atoms with Crippen LogP contribution >= 0.6 is 11.3 Å². The van der Waals surface area contributed by atoms with Gasteiger partial charge in [-0.3, -0.25) is 9.69 Å². The lowest BCUT2D eigenvalue weighted by Gasteiger charge is -2.37. The number of amides is 1. The fourth-order valence-corrected chi connectivity index (χ4v) is 4.96. The zero-order valence-corrected chi connectivity index (χ0v) is 19.4. The lowest BCUT2D eigenvalue weighted by Crippen LogP contribution is -2.48. The molecule has 1 aromatic heterocycles. The van der Waals surface area contributed by atoms with Gasteiger partial charge in [0.1, 0.15) is 18.2 Å². The van der Waals surface area contributed by atoms with E-state index in [1.807, 2.05) is 11.8 Å². The maximum absolute atomic E-state index is 13.5. The van der Waals surface area contributed by atoms with E-state index >= 15 is 0 Å². The highest BCUT2D eigenvalue weighted by molar-refractivity contribution is 7.10. The molecule has 0 fully saturated rings. The number of thiophene rings is 1. The summed E-state index contributed by atoms with van der Waals surface area (Å²) < 4.78 is 19.4. The van der Waals surface area contributed by atoms with E-state index in [0.717, 1.165) is 18.5 Å². The first-order valence-corrected chi connectivity index (χ1v) is 11.9. The van der Waals surface area contributed by atoms with Gasteiger partial charge in [-0.2, -0.15) is 0 Å². The number of carbonyl (C=O) groups is 1. The van der Waals surface area contributed by atoms with E-state index < -0.39 is 6.10 Å². The fraction of sp³-hybridized carbons (Fsp3) is 0.542. The van der Waals surface area contributed by atoms with Crippen molar-refractivity contribution < 1.29 is 19.0 Å². The van der Waals surface area contributed by atoms with Crippen molar-refractivity contribution in [3.8, 4) is 5.75 Å². The third kappa shape index (κ3) is 6.51. The zero-order chi connectivity index (χ0) is 22.4. The van der Waals surface area contributed by atoms with E-state index in [1.54, 1.807) is 23.5 Å². The zero-order valence-electron chi connectivity index (χ0n) is 18.6. The molecule has 1 aromatic carbocycles. The summed E-state index contributed by atoms with van der Waals surface area (Å²) >= 11 is 1.70. The molecule has 0 spiro atoms. The van der Waals surface area contributed by atoms with E-state index in [2.05, 4.69) is 30.2 Å². The van der Waals surface area contributed by atoms with Gasteiger partial charge in [0.05, 0.1) is 18.7 Å². The second-order valence-electron chi connectivity index (χ2n) is 8.57. The summed E-state index contributed by atoms with van der Waals surface area (Å²) in [6.07, 6.45) is 1.05. The maximum atomic E-state index is 13.5. The number of halogens is 1. The van der Waals surface area contributed by atoms with E-state index in [9.17, 15) is 14.3 Å². The summed E-state index contributed by atoms with van der Waals surface area (Å²) in [5, 5.41) is 12.2. The number of nitrogens with zero attached hydrogens (tertiary/aromatic N) is 2. The minimum absolute atomic E-state index is 0.0358. The first-order chi connectivity index (χ1) is 14.9. The molecule has 3 rings (SSSR count). The highest BCUT2D eigenvalue weighted by Crippen LogP contribution is 2.34. The van der Waals surface area contributed by atoms with Crippen LogP contribution in [-0.2, 0) is 11.2 Å². The standard InChI is InChI=1S/C24H33FN2O3S/c1-4-19(28)14-26(13-17(2)3)15-24(29)27-10-8-23-21(9-11-31-23)22(27)16-30-20-7-5-6-18(25)12-20/h5-7,9,11-12,17,19,22,28H,4,8,10,13-16H2,1-3H3/t19-,22-/m0/s1. The van der Waals surface area contributed by atoms with Crippen LogP contribution in [0, 0.1) is 11.7 Å². The number of hydrogen-bond donors (Lipinski definition) is 1. The van der Waals surface area contributed by atoms with Crippen molar-refractivity contribution in [3.05, 3.63) is 52.0 Å². The van der Waals surface area contributed by atoms with Crippen molar-refractivity contribution in [1.29, 1.82) is 0 Å². The van der Waals surface area contributed by atoms with Gasteiger partial charge < -0.3 is 14.7 Å². The Hall–Kier alpha value is -1.96. The van der Waals surface area contributed by atoms with Crippen molar-refractivity contribution in [2.24, 2.45) is 5.92 Å². The van der Waals surface area contributed by atoms with E-state index in [-0.39, 0.29) is 30.9 Å². The molecule has 2 atom stereocenters. The number of benzene rings is 1. The topological polar surface area (TPSA) is 53.0 Å². The molecule has 0 unspecified atom stereocenters. The van der Waals surface area contributed by atoms with Gasteiger partial charge in [0.25, 0.3) is 0 Å². The summed E-state index contributed by atoms with van der Waals surface area (Å²) in [7, 11) is 0. The summed E-state index contributed by atoms with van der Waals surface area (Å²) in [5.41, 5.74) is 1.12. The number of hydrogen-bond acceptors (Lipinski definition) is 5. The van der Waals surface area contributed by atoms with Gasteiger partial charge in [-0.1, -0.05) is 26.8 Å². The number of ether oxygens (including phenoxy) is 1. The Morgan fingerprint density at radius 2 is 2.16 bits per heavy atom. The Morgan fingerprint density at radius 3 is 2.87 bits per heavy atom. The molecule has 2 heterocycles. The number of carbonyl (C=O) groups excluding carboxylic acids is 1. The quantitative estimate of drug-likeness (QED) is 0.594. The average Bonchev–Trinajstić information content (AvgIpc) is 3.20. The van der Waals surface area contributed by atoms with E-state index in [4.69, 9.17) is 4.74 Å². The van der Waals surface area contributed by atoms with Crippen LogP contribution in [0.3, 0.4) is 0 Å². The van der Waals surface area contributed by atoms with Crippen LogP contribution in [0.4, 0.5) is 4.39 Å². The minimum Gasteiger partial charge on any atom is -0.491 e. The van der Waals surface area contributed by atoms with Crippen molar-refractivity contribution in [2.75, 3.05) is 32.8 Å². The second-order valence-corrected chi connectivity index (χ2v) is 9.57. The number of aliphatic hydroxyl groups is 1. The highest BCUT2D eigenvalue weighted by Gasteiger charge is 2.33. The van der Waals surface area contributed by atoms with Gasteiger partial charge in [-0.25, -0.2) is 4.39 Å². The third-order valence-electron chi connectivity index (χ3n) is 5.54. The van der Waals surface area contributed by atoms with Crippen LogP contribution in [0.15, 0.2) is 35.7 Å². The molecule has 5 nitrogen and oxygen atoms in total. The molecule has 1 aliphatic heterocycles. The molecule has 2 aromatic rings. The average molecular weight is 449 g/mol. The summed E-state index contributed by atoms with van der Waals surface area (Å²) in [6, 6.07) is 7.94. The Morgan fingerprint density at radius 1 is 1.35 bits per heavy atom. The maximum Gasteiger partial charge on any atom is 0.237 e. The first-order valence-electron chi connectivity index (χ1n) is 11.0. The predicted molar refractivity (Wildman–Crippen MR) is 122 cm³/mol. The summed E-state index contributed by atoms with van der Waals surface area (Å²) in [4.78, 5) is 18.6. The van der Waals surface area contributed by atoms with Crippen LogP contribution in [-0.4, -0.2) is 59.7 Å².